The lowest BCUT2D eigenvalue weighted by molar-refractivity contribution is -0.449. The molecule has 0 aromatic carbocycles. The Morgan fingerprint density at radius 1 is 0.677 bits per heavy atom. The van der Waals surface area contributed by atoms with Crippen molar-refractivity contribution in [1.29, 1.82) is 0 Å². The topological polar surface area (TPSA) is 66.4 Å². The van der Waals surface area contributed by atoms with Gasteiger partial charge < -0.3 is 10.4 Å². The second-order valence-corrected chi connectivity index (χ2v) is 5.72. The fraction of sp³-hybridized carbons (Fsp3) is 0.833. The second kappa shape index (κ2) is 7.79. The minimum absolute atomic E-state index is 0.467. The molecule has 4 nitrogen and oxygen atoms in total. The van der Waals surface area contributed by atoms with Crippen LogP contribution in [0.3, 0.4) is 0 Å². The van der Waals surface area contributed by atoms with E-state index >= 15 is 0 Å². The van der Waals surface area contributed by atoms with E-state index in [1.165, 1.54) is 0 Å². The van der Waals surface area contributed by atoms with Crippen molar-refractivity contribution in [3.63, 3.8) is 0 Å². The highest BCUT2D eigenvalue weighted by atomic mass is 19.4. The summed E-state index contributed by atoms with van der Waals surface area (Å²) in [5, 5.41) is 8.91. The second-order valence-electron chi connectivity index (χ2n) is 5.72. The Hall–Kier alpha value is -2.11. The molecular weight excluding hydrogens is 491 g/mol. The third-order valence-corrected chi connectivity index (χ3v) is 3.62. The fourth-order valence-electron chi connectivity index (χ4n) is 1.70. The monoisotopic (exact) mass is 499 g/mol. The van der Waals surface area contributed by atoms with Crippen LogP contribution in [0.4, 0.5) is 65.9 Å². The van der Waals surface area contributed by atoms with Crippen molar-refractivity contribution in [2.45, 2.75) is 61.1 Å². The van der Waals surface area contributed by atoms with Gasteiger partial charge in [0, 0.05) is 0 Å². The third-order valence-electron chi connectivity index (χ3n) is 3.62. The Bertz CT molecular complexity index is 700. The molecular formula is C12H8F15NO3. The molecule has 0 aliphatic heterocycles. The van der Waals surface area contributed by atoms with Gasteiger partial charge in [-0.15, -0.1) is 0 Å². The maximum Gasteiger partial charge on any atom is 0.460 e. The summed E-state index contributed by atoms with van der Waals surface area (Å²) >= 11 is 0. The van der Waals surface area contributed by atoms with Gasteiger partial charge in [0.1, 0.15) is 6.04 Å². The minimum atomic E-state index is -8.52. The lowest BCUT2D eigenvalue weighted by atomic mass is 9.90. The normalized spacial score (nSPS) is 16.1. The van der Waals surface area contributed by atoms with Gasteiger partial charge in [-0.3, -0.25) is 4.79 Å². The summed E-state index contributed by atoms with van der Waals surface area (Å²) in [6.45, 7) is 0.790. The maximum atomic E-state index is 13.5. The van der Waals surface area contributed by atoms with E-state index in [-0.39, 0.29) is 0 Å². The summed E-state index contributed by atoms with van der Waals surface area (Å²) in [5.74, 6) is -54.7. The molecule has 0 bridgehead atoms. The molecule has 0 saturated carbocycles. The zero-order valence-corrected chi connectivity index (χ0v) is 14.2. The number of nitrogens with one attached hydrogen (secondary N) is 1. The van der Waals surface area contributed by atoms with E-state index < -0.39 is 66.1 Å². The highest BCUT2D eigenvalue weighted by Crippen LogP contribution is 2.62. The molecule has 0 spiro atoms. The van der Waals surface area contributed by atoms with Gasteiger partial charge in [-0.1, -0.05) is 6.92 Å². The number of carbonyl (C=O) groups excluding carboxylic acids is 1. The van der Waals surface area contributed by atoms with Gasteiger partial charge in [-0.25, -0.2) is 4.79 Å². The molecule has 0 aromatic heterocycles. The van der Waals surface area contributed by atoms with Crippen molar-refractivity contribution in [3.05, 3.63) is 0 Å². The van der Waals surface area contributed by atoms with Crippen LogP contribution in [0.5, 0.6) is 0 Å². The number of hydrogen-bond acceptors (Lipinski definition) is 2. The molecule has 0 saturated heterocycles. The summed E-state index contributed by atoms with van der Waals surface area (Å²) in [5.41, 5.74) is 0. The third kappa shape index (κ3) is 4.06. The van der Waals surface area contributed by atoms with Crippen LogP contribution in [0.25, 0.3) is 0 Å². The van der Waals surface area contributed by atoms with Crippen molar-refractivity contribution in [2.24, 2.45) is 0 Å². The zero-order chi connectivity index (χ0) is 25.6. The average molecular weight is 499 g/mol. The number of amides is 1. The number of alkyl halides is 15. The molecule has 19 heteroatoms. The predicted octanol–water partition coefficient (Wildman–Crippen LogP) is 4.34. The van der Waals surface area contributed by atoms with Gasteiger partial charge in [0.25, 0.3) is 5.91 Å². The molecule has 0 heterocycles. The molecule has 1 atom stereocenters. The summed E-state index contributed by atoms with van der Waals surface area (Å²) in [6, 6.07) is -2.53. The van der Waals surface area contributed by atoms with Gasteiger partial charge in [0.2, 0.25) is 0 Å². The van der Waals surface area contributed by atoms with Gasteiger partial charge >= 0.3 is 47.7 Å². The first-order chi connectivity index (χ1) is 13.3. The van der Waals surface area contributed by atoms with Gasteiger partial charge in [-0.05, 0) is 6.42 Å². The predicted molar refractivity (Wildman–Crippen MR) is 65.6 cm³/mol. The smallest absolute Gasteiger partial charge is 0.460 e. The quantitative estimate of drug-likeness (QED) is 0.465. The number of carbonyl (C=O) groups is 2. The van der Waals surface area contributed by atoms with Crippen LogP contribution < -0.4 is 5.32 Å². The molecule has 184 valence electrons. The van der Waals surface area contributed by atoms with Gasteiger partial charge in [0.15, 0.2) is 0 Å². The molecule has 0 aromatic rings. The number of rotatable bonds is 9. The minimum Gasteiger partial charge on any atom is -0.480 e. The molecule has 2 N–H and O–H groups in total. The van der Waals surface area contributed by atoms with E-state index in [2.05, 4.69) is 0 Å². The van der Waals surface area contributed by atoms with Gasteiger partial charge in [-0.2, -0.15) is 65.9 Å². The van der Waals surface area contributed by atoms with E-state index in [9.17, 15) is 75.4 Å². The average Bonchev–Trinajstić information content (AvgIpc) is 2.56. The Labute approximate surface area is 160 Å². The molecule has 1 unspecified atom stereocenters. The fourth-order valence-corrected chi connectivity index (χ4v) is 1.70. The standard InChI is InChI=1S/C12H8F15NO3/c1-2-3(4(29)30)28-5(31)6(13,14)7(15,16)8(17,18)9(19,20)10(21,22)11(23,24)12(25,26)27/h3H,2H2,1H3,(H,28,31)(H,29,30). The van der Waals surface area contributed by atoms with Crippen LogP contribution >= 0.6 is 0 Å². The summed E-state index contributed by atoms with van der Waals surface area (Å²) in [7, 11) is 0. The van der Waals surface area contributed by atoms with Gasteiger partial charge in [0.05, 0.1) is 0 Å². The lowest BCUT2D eigenvalue weighted by Gasteiger charge is -2.41. The van der Waals surface area contributed by atoms with Crippen molar-refractivity contribution < 1.29 is 80.6 Å². The van der Waals surface area contributed by atoms with Crippen molar-refractivity contribution in [3.8, 4) is 0 Å². The summed E-state index contributed by atoms with van der Waals surface area (Å²) < 4.78 is 194. The number of hydrogen-bond donors (Lipinski definition) is 2. The zero-order valence-electron chi connectivity index (χ0n) is 14.2. The van der Waals surface area contributed by atoms with E-state index in [0.717, 1.165) is 6.92 Å². The van der Waals surface area contributed by atoms with Crippen LogP contribution in [0, 0.1) is 0 Å². The maximum absolute atomic E-state index is 13.5. The Kier molecular flexibility index (Phi) is 7.26. The number of aliphatic carboxylic acids is 1. The first kappa shape index (κ1) is 28.9. The number of halogens is 15. The molecule has 31 heavy (non-hydrogen) atoms. The molecule has 0 fully saturated rings. The largest absolute Gasteiger partial charge is 0.480 e. The molecule has 1 amide bonds. The van der Waals surface area contributed by atoms with Crippen LogP contribution in [0.2, 0.25) is 0 Å². The first-order valence-corrected chi connectivity index (χ1v) is 7.16. The first-order valence-electron chi connectivity index (χ1n) is 7.16. The highest BCUT2D eigenvalue weighted by Gasteiger charge is 2.94. The number of carboxylic acid groups (broad SMARTS) is 1. The van der Waals surface area contributed by atoms with E-state index in [0.29, 0.717) is 5.32 Å². The van der Waals surface area contributed by atoms with E-state index in [4.69, 9.17) is 5.11 Å². The van der Waals surface area contributed by atoms with E-state index in [1.807, 2.05) is 0 Å². The summed E-state index contributed by atoms with van der Waals surface area (Å²) in [4.78, 5) is 21.6. The molecule has 0 aliphatic carbocycles. The highest BCUT2D eigenvalue weighted by molar-refractivity contribution is 5.89. The van der Waals surface area contributed by atoms with Crippen molar-refractivity contribution in [1.82, 2.24) is 5.32 Å². The lowest BCUT2D eigenvalue weighted by Crippen LogP contribution is -2.74. The van der Waals surface area contributed by atoms with Crippen LogP contribution in [-0.2, 0) is 9.59 Å². The van der Waals surface area contributed by atoms with Crippen molar-refractivity contribution >= 4 is 11.9 Å². The molecule has 0 radical (unpaired) electrons. The molecule has 0 rings (SSSR count). The Balaban J connectivity index is 6.50. The van der Waals surface area contributed by atoms with Crippen LogP contribution in [0.1, 0.15) is 13.3 Å². The Morgan fingerprint density at radius 2 is 1.00 bits per heavy atom. The van der Waals surface area contributed by atoms with E-state index in [1.54, 1.807) is 0 Å². The SMILES string of the molecule is CCC(NC(=O)C(F)(F)C(F)(F)C(F)(F)C(F)(F)C(F)(F)C(F)(F)C(F)(F)F)C(=O)O. The van der Waals surface area contributed by atoms with Crippen LogP contribution in [-0.4, -0.2) is 64.7 Å². The van der Waals surface area contributed by atoms with Crippen molar-refractivity contribution in [2.75, 3.05) is 0 Å². The molecule has 0 aliphatic rings. The van der Waals surface area contributed by atoms with Crippen LogP contribution in [0.15, 0.2) is 0 Å². The summed E-state index contributed by atoms with van der Waals surface area (Å²) in [6.07, 6.45) is -8.63. The number of carboxylic acids is 1. The Morgan fingerprint density at radius 3 is 1.29 bits per heavy atom.